The van der Waals surface area contributed by atoms with E-state index in [1.54, 1.807) is 12.1 Å². The normalized spacial score (nSPS) is 11.4. The number of hydrogen-bond donors (Lipinski definition) is 0. The van der Waals surface area contributed by atoms with Gasteiger partial charge in [0, 0.05) is 19.8 Å². The molecule has 0 unspecified atom stereocenters. The molecule has 0 radical (unpaired) electrons. The van der Waals surface area contributed by atoms with E-state index in [1.165, 1.54) is 6.26 Å². The van der Waals surface area contributed by atoms with Crippen LogP contribution in [-0.4, -0.2) is 34.9 Å². The molecule has 0 aromatic heterocycles. The molecule has 0 bridgehead atoms. The molecule has 5 heteroatoms. The number of hydrogen-bond acceptors (Lipinski definition) is 4. The number of likely N-dealkylation sites (N-methyl/N-ethyl adjacent to an activating group) is 1. The van der Waals surface area contributed by atoms with Gasteiger partial charge < -0.3 is 9.64 Å². The fraction of sp³-hybridized carbons (Fsp3) is 0.294. The average molecular weight is 319 g/mol. The van der Waals surface area contributed by atoms with E-state index >= 15 is 0 Å². The van der Waals surface area contributed by atoms with E-state index in [-0.39, 0.29) is 0 Å². The summed E-state index contributed by atoms with van der Waals surface area (Å²) < 4.78 is 29.3. The van der Waals surface area contributed by atoms with Crippen molar-refractivity contribution in [3.8, 4) is 0 Å². The molecule has 2 aromatic rings. The van der Waals surface area contributed by atoms with Crippen molar-refractivity contribution in [3.05, 3.63) is 60.2 Å². The third-order valence-corrected chi connectivity index (χ3v) is 4.50. The van der Waals surface area contributed by atoms with Crippen LogP contribution in [0.2, 0.25) is 0 Å². The molecule has 0 fully saturated rings. The van der Waals surface area contributed by atoms with Gasteiger partial charge in [-0.2, -0.15) is 0 Å². The Morgan fingerprint density at radius 2 is 1.64 bits per heavy atom. The highest BCUT2D eigenvalue weighted by Gasteiger charge is 2.15. The number of para-hydroxylation sites is 1. The van der Waals surface area contributed by atoms with Crippen LogP contribution in [0.3, 0.4) is 0 Å². The van der Waals surface area contributed by atoms with Crippen molar-refractivity contribution in [1.29, 1.82) is 0 Å². The van der Waals surface area contributed by atoms with Gasteiger partial charge in [0.1, 0.15) is 0 Å². The lowest BCUT2D eigenvalue weighted by Crippen LogP contribution is -2.24. The smallest absolute Gasteiger partial charge is 0.177 e. The molecule has 4 nitrogen and oxygen atoms in total. The largest absolute Gasteiger partial charge is 0.375 e. The molecule has 0 spiro atoms. The Bertz CT molecular complexity index is 699. The standard InChI is InChI=1S/C17H21NO3S/c1-18(12-13-21-14-15-8-4-3-5-9-15)16-10-6-7-11-17(16)22(2,19)20/h3-11H,12-14H2,1-2H3. The summed E-state index contributed by atoms with van der Waals surface area (Å²) in [5.74, 6) is 0. The summed E-state index contributed by atoms with van der Waals surface area (Å²) in [6.45, 7) is 1.71. The zero-order valence-corrected chi connectivity index (χ0v) is 13.7. The van der Waals surface area contributed by atoms with Gasteiger partial charge in [-0.15, -0.1) is 0 Å². The fourth-order valence-corrected chi connectivity index (χ4v) is 3.10. The molecule has 0 aliphatic heterocycles. The SMILES string of the molecule is CN(CCOCc1ccccc1)c1ccccc1S(C)(=O)=O. The summed E-state index contributed by atoms with van der Waals surface area (Å²) in [7, 11) is -1.36. The van der Waals surface area contributed by atoms with E-state index in [9.17, 15) is 8.42 Å². The minimum absolute atomic E-state index is 0.348. The molecule has 2 rings (SSSR count). The van der Waals surface area contributed by atoms with Crippen LogP contribution in [0.25, 0.3) is 0 Å². The highest BCUT2D eigenvalue weighted by atomic mass is 32.2. The summed E-state index contributed by atoms with van der Waals surface area (Å²) in [5, 5.41) is 0. The van der Waals surface area contributed by atoms with Crippen molar-refractivity contribution in [2.45, 2.75) is 11.5 Å². The second-order valence-electron chi connectivity index (χ2n) is 5.20. The number of sulfone groups is 1. The number of benzene rings is 2. The summed E-state index contributed by atoms with van der Waals surface area (Å²) in [6, 6.07) is 17.0. The highest BCUT2D eigenvalue weighted by molar-refractivity contribution is 7.90. The molecule has 22 heavy (non-hydrogen) atoms. The Labute approximate surface area is 132 Å². The minimum Gasteiger partial charge on any atom is -0.375 e. The second-order valence-corrected chi connectivity index (χ2v) is 7.18. The maximum absolute atomic E-state index is 11.8. The molecule has 2 aromatic carbocycles. The van der Waals surface area contributed by atoms with Crippen LogP contribution < -0.4 is 4.90 Å². The Kier molecular flexibility index (Phi) is 5.57. The summed E-state index contributed by atoms with van der Waals surface area (Å²) in [4.78, 5) is 2.25. The van der Waals surface area contributed by atoms with Gasteiger partial charge in [0.15, 0.2) is 9.84 Å². The van der Waals surface area contributed by atoms with Crippen molar-refractivity contribution in [2.75, 3.05) is 31.4 Å². The molecule has 0 aliphatic rings. The first-order valence-electron chi connectivity index (χ1n) is 7.10. The fourth-order valence-electron chi connectivity index (χ4n) is 2.17. The Morgan fingerprint density at radius 3 is 2.32 bits per heavy atom. The molecule has 0 heterocycles. The van der Waals surface area contributed by atoms with Gasteiger partial charge in [-0.3, -0.25) is 0 Å². The minimum atomic E-state index is -3.23. The van der Waals surface area contributed by atoms with Gasteiger partial charge in [-0.1, -0.05) is 42.5 Å². The molecule has 118 valence electrons. The van der Waals surface area contributed by atoms with Crippen molar-refractivity contribution in [3.63, 3.8) is 0 Å². The van der Waals surface area contributed by atoms with Crippen LogP contribution in [0.5, 0.6) is 0 Å². The van der Waals surface area contributed by atoms with Gasteiger partial charge in [0.25, 0.3) is 0 Å². The predicted octanol–water partition coefficient (Wildman–Crippen LogP) is 2.74. The second kappa shape index (κ2) is 7.42. The molecule has 0 saturated carbocycles. The Morgan fingerprint density at radius 1 is 1.00 bits per heavy atom. The van der Waals surface area contributed by atoms with Crippen LogP contribution in [0.4, 0.5) is 5.69 Å². The number of anilines is 1. The van der Waals surface area contributed by atoms with Gasteiger partial charge in [-0.05, 0) is 17.7 Å². The van der Waals surface area contributed by atoms with Crippen molar-refractivity contribution in [2.24, 2.45) is 0 Å². The third-order valence-electron chi connectivity index (χ3n) is 3.36. The van der Waals surface area contributed by atoms with Crippen LogP contribution in [0.15, 0.2) is 59.5 Å². The molecular formula is C17H21NO3S. The van der Waals surface area contributed by atoms with Crippen molar-refractivity contribution >= 4 is 15.5 Å². The quantitative estimate of drug-likeness (QED) is 0.736. The lowest BCUT2D eigenvalue weighted by molar-refractivity contribution is 0.127. The Hall–Kier alpha value is -1.85. The molecule has 0 saturated heterocycles. The maximum Gasteiger partial charge on any atom is 0.177 e. The zero-order valence-electron chi connectivity index (χ0n) is 12.9. The average Bonchev–Trinajstić information content (AvgIpc) is 2.51. The first-order valence-corrected chi connectivity index (χ1v) is 8.99. The van der Waals surface area contributed by atoms with Crippen LogP contribution in [0.1, 0.15) is 5.56 Å². The van der Waals surface area contributed by atoms with E-state index in [4.69, 9.17) is 4.74 Å². The molecule has 0 amide bonds. The molecular weight excluding hydrogens is 298 g/mol. The third kappa shape index (κ3) is 4.58. The number of rotatable bonds is 7. The van der Waals surface area contributed by atoms with Gasteiger partial charge in [0.2, 0.25) is 0 Å². The van der Waals surface area contributed by atoms with Gasteiger partial charge in [0.05, 0.1) is 23.8 Å². The van der Waals surface area contributed by atoms with Crippen molar-refractivity contribution < 1.29 is 13.2 Å². The van der Waals surface area contributed by atoms with E-state index in [1.807, 2.05) is 54.4 Å². The van der Waals surface area contributed by atoms with Crippen LogP contribution in [-0.2, 0) is 21.2 Å². The van der Waals surface area contributed by atoms with Gasteiger partial charge in [-0.25, -0.2) is 8.42 Å². The van der Waals surface area contributed by atoms with E-state index in [2.05, 4.69) is 0 Å². The monoisotopic (exact) mass is 319 g/mol. The number of nitrogens with zero attached hydrogens (tertiary/aromatic N) is 1. The van der Waals surface area contributed by atoms with Crippen LogP contribution in [0, 0.1) is 0 Å². The van der Waals surface area contributed by atoms with E-state index in [0.29, 0.717) is 30.3 Å². The van der Waals surface area contributed by atoms with E-state index < -0.39 is 9.84 Å². The molecule has 0 N–H and O–H groups in total. The van der Waals surface area contributed by atoms with Crippen molar-refractivity contribution in [1.82, 2.24) is 0 Å². The zero-order chi connectivity index (χ0) is 16.0. The predicted molar refractivity (Wildman–Crippen MR) is 88.9 cm³/mol. The Balaban J connectivity index is 1.92. The number of ether oxygens (including phenoxy) is 1. The molecule has 0 atom stereocenters. The van der Waals surface area contributed by atoms with Gasteiger partial charge >= 0.3 is 0 Å². The first-order chi connectivity index (χ1) is 10.5. The lowest BCUT2D eigenvalue weighted by Gasteiger charge is -2.21. The van der Waals surface area contributed by atoms with Crippen LogP contribution >= 0.6 is 0 Å². The maximum atomic E-state index is 11.8. The summed E-state index contributed by atoms with van der Waals surface area (Å²) in [6.07, 6.45) is 1.23. The van der Waals surface area contributed by atoms with E-state index in [0.717, 1.165) is 5.56 Å². The first kappa shape index (κ1) is 16.5. The topological polar surface area (TPSA) is 46.6 Å². The highest BCUT2D eigenvalue weighted by Crippen LogP contribution is 2.23. The molecule has 0 aliphatic carbocycles. The summed E-state index contributed by atoms with van der Waals surface area (Å²) in [5.41, 5.74) is 1.83. The summed E-state index contributed by atoms with van der Waals surface area (Å²) >= 11 is 0. The lowest BCUT2D eigenvalue weighted by atomic mass is 10.2.